The number of nitrogens with one attached hydrogen (secondary N) is 2. The van der Waals surface area contributed by atoms with Crippen LogP contribution >= 0.6 is 35.4 Å². The van der Waals surface area contributed by atoms with Gasteiger partial charge in [0, 0.05) is 41.8 Å². The summed E-state index contributed by atoms with van der Waals surface area (Å²) in [7, 11) is 0. The number of nitrogens with zero attached hydrogens (tertiary/aromatic N) is 1. The van der Waals surface area contributed by atoms with Crippen LogP contribution < -0.4 is 10.6 Å². The summed E-state index contributed by atoms with van der Waals surface area (Å²) >= 11 is 17.0. The zero-order valence-electron chi connectivity index (χ0n) is 11.5. The molecule has 0 unspecified atom stereocenters. The lowest BCUT2D eigenvalue weighted by Gasteiger charge is -2.16. The van der Waals surface area contributed by atoms with Gasteiger partial charge in [-0.1, -0.05) is 23.2 Å². The second kappa shape index (κ2) is 7.82. The average molecular weight is 346 g/mol. The minimum atomic E-state index is 0.254. The summed E-state index contributed by atoms with van der Waals surface area (Å²) in [5.74, 6) is 0.254. The maximum atomic E-state index is 11.4. The molecule has 2 N–H and O–H groups in total. The van der Waals surface area contributed by atoms with Crippen molar-refractivity contribution in [1.82, 2.24) is 10.2 Å². The van der Waals surface area contributed by atoms with Crippen molar-refractivity contribution in [3.05, 3.63) is 28.2 Å². The zero-order chi connectivity index (χ0) is 15.2. The van der Waals surface area contributed by atoms with E-state index < -0.39 is 0 Å². The van der Waals surface area contributed by atoms with Gasteiger partial charge in [0.15, 0.2) is 5.11 Å². The minimum absolute atomic E-state index is 0.254. The van der Waals surface area contributed by atoms with E-state index in [1.54, 1.807) is 18.2 Å². The summed E-state index contributed by atoms with van der Waals surface area (Å²) in [6.45, 7) is 2.36. The Morgan fingerprint density at radius 1 is 1.29 bits per heavy atom. The van der Waals surface area contributed by atoms with Crippen LogP contribution in [0.2, 0.25) is 10.0 Å². The number of halogens is 2. The van der Waals surface area contributed by atoms with Gasteiger partial charge in [0.05, 0.1) is 0 Å². The minimum Gasteiger partial charge on any atom is -0.362 e. The Balaban J connectivity index is 1.68. The first-order valence-electron chi connectivity index (χ1n) is 6.83. The van der Waals surface area contributed by atoms with Crippen molar-refractivity contribution >= 4 is 52.1 Å². The number of amides is 1. The van der Waals surface area contributed by atoms with Crippen molar-refractivity contribution < 1.29 is 4.79 Å². The SMILES string of the molecule is O=C1CCCN1CCCNC(=S)Nc1cc(Cl)cc(Cl)c1. The highest BCUT2D eigenvalue weighted by Crippen LogP contribution is 2.22. The lowest BCUT2D eigenvalue weighted by Crippen LogP contribution is -2.32. The molecule has 0 spiro atoms. The van der Waals surface area contributed by atoms with Crippen molar-refractivity contribution in [3.63, 3.8) is 0 Å². The van der Waals surface area contributed by atoms with Crippen molar-refractivity contribution in [2.75, 3.05) is 25.0 Å². The van der Waals surface area contributed by atoms with Gasteiger partial charge in [-0.3, -0.25) is 4.79 Å². The van der Waals surface area contributed by atoms with E-state index in [1.807, 2.05) is 4.90 Å². The summed E-state index contributed by atoms with van der Waals surface area (Å²) in [6, 6.07) is 5.17. The normalized spacial score (nSPS) is 14.4. The molecule has 1 fully saturated rings. The standard InChI is InChI=1S/C14H17Cl2N3OS/c15-10-7-11(16)9-12(8-10)18-14(21)17-4-2-6-19-5-1-3-13(19)20/h7-9H,1-6H2,(H2,17,18,21). The van der Waals surface area contributed by atoms with Gasteiger partial charge in [-0.2, -0.15) is 0 Å². The molecule has 0 aromatic heterocycles. The van der Waals surface area contributed by atoms with Crippen LogP contribution in [0.25, 0.3) is 0 Å². The van der Waals surface area contributed by atoms with Gasteiger partial charge >= 0.3 is 0 Å². The largest absolute Gasteiger partial charge is 0.362 e. The molecule has 0 radical (unpaired) electrons. The van der Waals surface area contributed by atoms with Crippen molar-refractivity contribution in [2.45, 2.75) is 19.3 Å². The molecule has 0 saturated carbocycles. The molecule has 1 heterocycles. The molecule has 114 valence electrons. The fraction of sp³-hybridized carbons (Fsp3) is 0.429. The van der Waals surface area contributed by atoms with Crippen molar-refractivity contribution in [2.24, 2.45) is 0 Å². The van der Waals surface area contributed by atoms with Gasteiger partial charge in [0.1, 0.15) is 0 Å². The smallest absolute Gasteiger partial charge is 0.222 e. The third-order valence-corrected chi connectivity index (χ3v) is 3.87. The molecule has 4 nitrogen and oxygen atoms in total. The van der Waals surface area contributed by atoms with E-state index in [0.717, 1.165) is 31.6 Å². The van der Waals surface area contributed by atoms with E-state index in [1.165, 1.54) is 0 Å². The van der Waals surface area contributed by atoms with E-state index in [9.17, 15) is 4.79 Å². The summed E-state index contributed by atoms with van der Waals surface area (Å²) in [4.78, 5) is 13.3. The van der Waals surface area contributed by atoms with E-state index in [-0.39, 0.29) is 5.91 Å². The van der Waals surface area contributed by atoms with Gasteiger partial charge < -0.3 is 15.5 Å². The molecule has 2 rings (SSSR count). The Hall–Kier alpha value is -1.04. The van der Waals surface area contributed by atoms with Crippen LogP contribution in [0.5, 0.6) is 0 Å². The Bertz CT molecular complexity index is 519. The number of anilines is 1. The average Bonchev–Trinajstić information content (AvgIpc) is 2.79. The van der Waals surface area contributed by atoms with Gasteiger partial charge in [-0.05, 0) is 43.3 Å². The highest BCUT2D eigenvalue weighted by molar-refractivity contribution is 7.80. The van der Waals surface area contributed by atoms with Gasteiger partial charge in [-0.15, -0.1) is 0 Å². The summed E-state index contributed by atoms with van der Waals surface area (Å²) in [5.41, 5.74) is 0.750. The van der Waals surface area contributed by atoms with Gasteiger partial charge in [0.2, 0.25) is 5.91 Å². The Kier molecular flexibility index (Phi) is 6.08. The number of hydrogen-bond acceptors (Lipinski definition) is 2. The third kappa shape index (κ3) is 5.34. The lowest BCUT2D eigenvalue weighted by atomic mass is 10.3. The van der Waals surface area contributed by atoms with Crippen LogP contribution in [0.3, 0.4) is 0 Å². The molecule has 0 atom stereocenters. The number of hydrogen-bond donors (Lipinski definition) is 2. The molecule has 7 heteroatoms. The summed E-state index contributed by atoms with van der Waals surface area (Å²) in [5, 5.41) is 7.76. The zero-order valence-corrected chi connectivity index (χ0v) is 13.8. The van der Waals surface area contributed by atoms with Gasteiger partial charge in [-0.25, -0.2) is 0 Å². The predicted molar refractivity (Wildman–Crippen MR) is 91.1 cm³/mol. The van der Waals surface area contributed by atoms with Crippen LogP contribution in [0.1, 0.15) is 19.3 Å². The topological polar surface area (TPSA) is 44.4 Å². The van der Waals surface area contributed by atoms with Crippen LogP contribution in [0, 0.1) is 0 Å². The van der Waals surface area contributed by atoms with Crippen molar-refractivity contribution in [3.8, 4) is 0 Å². The van der Waals surface area contributed by atoms with E-state index in [0.29, 0.717) is 28.1 Å². The summed E-state index contributed by atoms with van der Waals surface area (Å²) < 4.78 is 0. The highest BCUT2D eigenvalue weighted by atomic mass is 35.5. The second-order valence-electron chi connectivity index (χ2n) is 4.88. The number of rotatable bonds is 5. The first-order valence-corrected chi connectivity index (χ1v) is 8.00. The number of likely N-dealkylation sites (tertiary alicyclic amines) is 1. The predicted octanol–water partition coefficient (Wildman–Crippen LogP) is 3.29. The van der Waals surface area contributed by atoms with E-state index in [2.05, 4.69) is 10.6 Å². The molecule has 0 bridgehead atoms. The molecular weight excluding hydrogens is 329 g/mol. The number of carbonyl (C=O) groups excluding carboxylic acids is 1. The Morgan fingerprint density at radius 2 is 2.00 bits per heavy atom. The number of thiocarbonyl (C=S) groups is 1. The van der Waals surface area contributed by atoms with Gasteiger partial charge in [0.25, 0.3) is 0 Å². The highest BCUT2D eigenvalue weighted by Gasteiger charge is 2.18. The molecule has 1 aromatic carbocycles. The monoisotopic (exact) mass is 345 g/mol. The first kappa shape index (κ1) is 16.3. The maximum Gasteiger partial charge on any atom is 0.222 e. The molecule has 1 saturated heterocycles. The number of benzene rings is 1. The molecule has 1 aliphatic heterocycles. The molecule has 1 aromatic rings. The van der Waals surface area contributed by atoms with Crippen molar-refractivity contribution in [1.29, 1.82) is 0 Å². The molecular formula is C14H17Cl2N3OS. The Labute approximate surface area is 139 Å². The summed E-state index contributed by atoms with van der Waals surface area (Å²) in [6.07, 6.45) is 2.52. The maximum absolute atomic E-state index is 11.4. The Morgan fingerprint density at radius 3 is 2.62 bits per heavy atom. The number of carbonyl (C=O) groups is 1. The molecule has 21 heavy (non-hydrogen) atoms. The van der Waals surface area contributed by atoms with Crippen LogP contribution in [0.4, 0.5) is 5.69 Å². The first-order chi connectivity index (χ1) is 10.0. The third-order valence-electron chi connectivity index (χ3n) is 3.18. The fourth-order valence-corrected chi connectivity index (χ4v) is 2.96. The van der Waals surface area contributed by atoms with Crippen LogP contribution in [-0.4, -0.2) is 35.6 Å². The van der Waals surface area contributed by atoms with Crippen LogP contribution in [-0.2, 0) is 4.79 Å². The molecule has 0 aliphatic carbocycles. The van der Waals surface area contributed by atoms with E-state index in [4.69, 9.17) is 35.4 Å². The lowest BCUT2D eigenvalue weighted by molar-refractivity contribution is -0.127. The second-order valence-corrected chi connectivity index (χ2v) is 6.16. The molecule has 1 amide bonds. The van der Waals surface area contributed by atoms with E-state index >= 15 is 0 Å². The molecule has 1 aliphatic rings. The fourth-order valence-electron chi connectivity index (χ4n) is 2.21. The van der Waals surface area contributed by atoms with Crippen LogP contribution in [0.15, 0.2) is 18.2 Å². The quantitative estimate of drug-likeness (QED) is 0.634.